The van der Waals surface area contributed by atoms with Crippen molar-refractivity contribution in [3.8, 4) is 0 Å². The SMILES string of the molecule is CSCCP(c1ccccc1)c1ccccc1. The van der Waals surface area contributed by atoms with Crippen LogP contribution in [0.5, 0.6) is 0 Å². The highest BCUT2D eigenvalue weighted by Gasteiger charge is 2.12. The van der Waals surface area contributed by atoms with E-state index in [1.165, 1.54) is 22.5 Å². The standard InChI is InChI=1S/C15H17PS/c1-17-13-12-16(14-8-4-2-5-9-14)15-10-6-3-7-11-15/h2-11H,12-13H2,1H3. The predicted octanol–water partition coefficient (Wildman–Crippen LogP) is 3.48. The highest BCUT2D eigenvalue weighted by Crippen LogP contribution is 2.33. The summed E-state index contributed by atoms with van der Waals surface area (Å²) < 4.78 is 0. The Morgan fingerprint density at radius 1 is 0.824 bits per heavy atom. The van der Waals surface area contributed by atoms with Crippen LogP contribution in [0.3, 0.4) is 0 Å². The lowest BCUT2D eigenvalue weighted by Gasteiger charge is -2.18. The van der Waals surface area contributed by atoms with Crippen LogP contribution >= 0.6 is 19.7 Å². The summed E-state index contributed by atoms with van der Waals surface area (Å²) in [5, 5.41) is 2.98. The van der Waals surface area contributed by atoms with Crippen LogP contribution in [0.2, 0.25) is 0 Å². The topological polar surface area (TPSA) is 0 Å². The Morgan fingerprint density at radius 2 is 1.29 bits per heavy atom. The molecule has 0 aliphatic carbocycles. The van der Waals surface area contributed by atoms with Crippen molar-refractivity contribution in [1.82, 2.24) is 0 Å². The summed E-state index contributed by atoms with van der Waals surface area (Å²) in [5.74, 6) is 1.23. The molecule has 0 spiro atoms. The Morgan fingerprint density at radius 3 is 1.71 bits per heavy atom. The van der Waals surface area contributed by atoms with Gasteiger partial charge in [0, 0.05) is 0 Å². The van der Waals surface area contributed by atoms with Crippen LogP contribution in [-0.2, 0) is 0 Å². The van der Waals surface area contributed by atoms with E-state index >= 15 is 0 Å². The second kappa shape index (κ2) is 6.83. The molecule has 2 aromatic rings. The summed E-state index contributed by atoms with van der Waals surface area (Å²) in [6.45, 7) is 0. The Kier molecular flexibility index (Phi) is 5.09. The maximum absolute atomic E-state index is 2.26. The van der Waals surface area contributed by atoms with E-state index in [1.807, 2.05) is 11.8 Å². The largest absolute Gasteiger partial charge is 0.165 e. The van der Waals surface area contributed by atoms with Crippen LogP contribution in [0.1, 0.15) is 0 Å². The van der Waals surface area contributed by atoms with E-state index in [2.05, 4.69) is 66.9 Å². The summed E-state index contributed by atoms with van der Waals surface area (Å²) in [6.07, 6.45) is 3.45. The predicted molar refractivity (Wildman–Crippen MR) is 82.3 cm³/mol. The van der Waals surface area contributed by atoms with Crippen molar-refractivity contribution < 1.29 is 0 Å². The molecule has 0 aliphatic heterocycles. The third kappa shape index (κ3) is 3.59. The summed E-state index contributed by atoms with van der Waals surface area (Å²) in [6, 6.07) is 21.8. The molecular formula is C15H17PS. The van der Waals surface area contributed by atoms with Crippen LogP contribution in [0.15, 0.2) is 60.7 Å². The lowest BCUT2D eigenvalue weighted by atomic mass is 10.4. The molecule has 2 heteroatoms. The molecule has 0 bridgehead atoms. The van der Waals surface area contributed by atoms with Crippen molar-refractivity contribution in [2.24, 2.45) is 0 Å². The quantitative estimate of drug-likeness (QED) is 0.742. The van der Waals surface area contributed by atoms with E-state index in [1.54, 1.807) is 0 Å². The van der Waals surface area contributed by atoms with E-state index in [9.17, 15) is 0 Å². The van der Waals surface area contributed by atoms with Crippen molar-refractivity contribution in [2.75, 3.05) is 18.2 Å². The number of thioether (sulfide) groups is 1. The van der Waals surface area contributed by atoms with Crippen molar-refractivity contribution in [3.63, 3.8) is 0 Å². The molecule has 0 unspecified atom stereocenters. The number of benzene rings is 2. The molecule has 17 heavy (non-hydrogen) atoms. The molecule has 2 aromatic carbocycles. The van der Waals surface area contributed by atoms with Gasteiger partial charge in [-0.05, 0) is 36.7 Å². The van der Waals surface area contributed by atoms with Crippen molar-refractivity contribution in [1.29, 1.82) is 0 Å². The molecule has 0 fully saturated rings. The normalized spacial score (nSPS) is 10.7. The van der Waals surface area contributed by atoms with Gasteiger partial charge in [0.2, 0.25) is 0 Å². The van der Waals surface area contributed by atoms with Gasteiger partial charge in [0.1, 0.15) is 0 Å². The molecule has 0 aliphatic rings. The highest BCUT2D eigenvalue weighted by molar-refractivity contribution is 7.99. The van der Waals surface area contributed by atoms with Gasteiger partial charge in [-0.2, -0.15) is 11.8 Å². The lowest BCUT2D eigenvalue weighted by molar-refractivity contribution is 1.53. The van der Waals surface area contributed by atoms with Gasteiger partial charge in [-0.25, -0.2) is 0 Å². The lowest BCUT2D eigenvalue weighted by Crippen LogP contribution is -2.14. The summed E-state index contributed by atoms with van der Waals surface area (Å²) in [7, 11) is -0.178. The zero-order valence-corrected chi connectivity index (χ0v) is 11.8. The monoisotopic (exact) mass is 260 g/mol. The van der Waals surface area contributed by atoms with Gasteiger partial charge in [-0.15, -0.1) is 0 Å². The molecule has 0 atom stereocenters. The van der Waals surface area contributed by atoms with E-state index in [4.69, 9.17) is 0 Å². The minimum absolute atomic E-state index is 0.178. The zero-order chi connectivity index (χ0) is 11.9. The Balaban J connectivity index is 2.26. The fourth-order valence-corrected chi connectivity index (χ4v) is 5.14. The summed E-state index contributed by atoms with van der Waals surface area (Å²) in [4.78, 5) is 0. The van der Waals surface area contributed by atoms with Gasteiger partial charge in [0.15, 0.2) is 0 Å². The maximum Gasteiger partial charge on any atom is -0.00249 e. The minimum atomic E-state index is -0.178. The number of rotatable bonds is 5. The van der Waals surface area contributed by atoms with Crippen molar-refractivity contribution in [3.05, 3.63) is 60.7 Å². The van der Waals surface area contributed by atoms with Crippen molar-refractivity contribution in [2.45, 2.75) is 0 Å². The average molecular weight is 260 g/mol. The van der Waals surface area contributed by atoms with Gasteiger partial charge in [0.05, 0.1) is 0 Å². The van der Waals surface area contributed by atoms with Crippen LogP contribution in [0.4, 0.5) is 0 Å². The maximum atomic E-state index is 2.26. The Labute approximate surface area is 109 Å². The number of hydrogen-bond donors (Lipinski definition) is 0. The third-order valence-electron chi connectivity index (χ3n) is 2.65. The minimum Gasteiger partial charge on any atom is -0.165 e. The molecule has 0 amide bonds. The molecular weight excluding hydrogens is 243 g/mol. The first-order chi connectivity index (χ1) is 8.42. The zero-order valence-electron chi connectivity index (χ0n) is 10.0. The molecule has 0 saturated heterocycles. The number of hydrogen-bond acceptors (Lipinski definition) is 1. The van der Waals surface area contributed by atoms with Gasteiger partial charge in [0.25, 0.3) is 0 Å². The molecule has 2 rings (SSSR count). The summed E-state index contributed by atoms with van der Waals surface area (Å²) >= 11 is 1.94. The Hall–Kier alpha value is -0.780. The van der Waals surface area contributed by atoms with Gasteiger partial charge in [-0.1, -0.05) is 60.7 Å². The smallest absolute Gasteiger partial charge is 0.00249 e. The molecule has 0 N–H and O–H groups in total. The van der Waals surface area contributed by atoms with Crippen LogP contribution in [0, 0.1) is 0 Å². The molecule has 0 radical (unpaired) electrons. The molecule has 0 aromatic heterocycles. The van der Waals surface area contributed by atoms with E-state index in [0.717, 1.165) is 0 Å². The Bertz CT molecular complexity index is 388. The first-order valence-electron chi connectivity index (χ1n) is 5.78. The van der Waals surface area contributed by atoms with E-state index in [0.29, 0.717) is 0 Å². The third-order valence-corrected chi connectivity index (χ3v) is 6.08. The summed E-state index contributed by atoms with van der Waals surface area (Å²) in [5.41, 5.74) is 0. The fourth-order valence-electron chi connectivity index (χ4n) is 1.81. The molecule has 0 saturated carbocycles. The first kappa shape index (κ1) is 12.7. The van der Waals surface area contributed by atoms with Gasteiger partial charge in [-0.3, -0.25) is 0 Å². The second-order valence-electron chi connectivity index (χ2n) is 3.82. The van der Waals surface area contributed by atoms with Crippen LogP contribution in [-0.4, -0.2) is 18.2 Å². The molecule has 88 valence electrons. The average Bonchev–Trinajstić information content (AvgIpc) is 2.42. The molecule has 0 heterocycles. The van der Waals surface area contributed by atoms with E-state index < -0.39 is 0 Å². The second-order valence-corrected chi connectivity index (χ2v) is 7.14. The van der Waals surface area contributed by atoms with E-state index in [-0.39, 0.29) is 7.92 Å². The highest BCUT2D eigenvalue weighted by atomic mass is 32.2. The molecule has 0 nitrogen and oxygen atoms in total. The van der Waals surface area contributed by atoms with Gasteiger partial charge >= 0.3 is 0 Å². The van der Waals surface area contributed by atoms with Crippen LogP contribution in [0.25, 0.3) is 0 Å². The fraction of sp³-hybridized carbons (Fsp3) is 0.200. The first-order valence-corrected chi connectivity index (χ1v) is 8.70. The van der Waals surface area contributed by atoms with Gasteiger partial charge < -0.3 is 0 Å². The van der Waals surface area contributed by atoms with Crippen LogP contribution < -0.4 is 10.6 Å². The van der Waals surface area contributed by atoms with Crippen molar-refractivity contribution >= 4 is 30.3 Å².